The summed E-state index contributed by atoms with van der Waals surface area (Å²) in [7, 11) is 3.82. The molecule has 1 fully saturated rings. The predicted octanol–water partition coefficient (Wildman–Crippen LogP) is 2.91. The molecule has 1 atom stereocenters. The van der Waals surface area contributed by atoms with Gasteiger partial charge in [0.05, 0.1) is 11.7 Å². The fourth-order valence-corrected chi connectivity index (χ4v) is 4.13. The highest BCUT2D eigenvalue weighted by atomic mass is 16.2. The monoisotopic (exact) mass is 432 g/mol. The molecule has 3 aromatic heterocycles. The van der Waals surface area contributed by atoms with E-state index in [-0.39, 0.29) is 23.9 Å². The normalized spacial score (nSPS) is 16.1. The molecule has 4 heterocycles. The first kappa shape index (κ1) is 21.7. The summed E-state index contributed by atoms with van der Waals surface area (Å²) in [6.45, 7) is 1.05. The number of carbonyl (C=O) groups excluding carboxylic acids is 1. The third-order valence-electron chi connectivity index (χ3n) is 5.80. The van der Waals surface area contributed by atoms with E-state index in [1.165, 1.54) is 6.07 Å². The van der Waals surface area contributed by atoms with E-state index in [0.717, 1.165) is 36.1 Å². The van der Waals surface area contributed by atoms with Crippen molar-refractivity contribution in [3.63, 3.8) is 0 Å². The zero-order valence-corrected chi connectivity index (χ0v) is 18.5. The molecule has 0 aromatic carbocycles. The minimum Gasteiger partial charge on any atom is -0.347 e. The summed E-state index contributed by atoms with van der Waals surface area (Å²) in [4.78, 5) is 42.6. The Labute approximate surface area is 187 Å². The number of aromatic nitrogens is 4. The topological polar surface area (TPSA) is 84.2 Å². The van der Waals surface area contributed by atoms with Gasteiger partial charge in [-0.05, 0) is 43.0 Å². The highest BCUT2D eigenvalue weighted by molar-refractivity contribution is 5.77. The molecular formula is C24H28N6O2. The van der Waals surface area contributed by atoms with E-state index in [1.54, 1.807) is 35.3 Å². The van der Waals surface area contributed by atoms with Gasteiger partial charge in [-0.1, -0.05) is 6.07 Å². The second kappa shape index (κ2) is 9.72. The van der Waals surface area contributed by atoms with Crippen LogP contribution >= 0.6 is 0 Å². The average Bonchev–Trinajstić information content (AvgIpc) is 2.83. The van der Waals surface area contributed by atoms with Crippen LogP contribution in [0.2, 0.25) is 0 Å². The molecule has 0 saturated carbocycles. The van der Waals surface area contributed by atoms with Gasteiger partial charge in [0.25, 0.3) is 5.56 Å². The Kier molecular flexibility index (Phi) is 6.58. The van der Waals surface area contributed by atoms with Crippen molar-refractivity contribution in [3.8, 4) is 11.1 Å². The summed E-state index contributed by atoms with van der Waals surface area (Å²) in [6.07, 6.45) is 10.2. The lowest BCUT2D eigenvalue weighted by Crippen LogP contribution is -2.40. The number of anilines is 1. The third-order valence-corrected chi connectivity index (χ3v) is 5.80. The summed E-state index contributed by atoms with van der Waals surface area (Å²) in [5, 5.41) is 0. The molecule has 0 spiro atoms. The zero-order chi connectivity index (χ0) is 22.5. The van der Waals surface area contributed by atoms with Crippen LogP contribution in [0.5, 0.6) is 0 Å². The van der Waals surface area contributed by atoms with Crippen molar-refractivity contribution in [3.05, 3.63) is 71.2 Å². The molecular weight excluding hydrogens is 404 g/mol. The van der Waals surface area contributed by atoms with Crippen LogP contribution < -0.4 is 10.5 Å². The molecule has 1 saturated heterocycles. The fraction of sp³-hybridized carbons (Fsp3) is 0.375. The van der Waals surface area contributed by atoms with Crippen molar-refractivity contribution in [2.75, 3.05) is 25.5 Å². The van der Waals surface area contributed by atoms with Gasteiger partial charge in [-0.3, -0.25) is 14.6 Å². The molecule has 32 heavy (non-hydrogen) atoms. The van der Waals surface area contributed by atoms with E-state index in [2.05, 4.69) is 9.97 Å². The van der Waals surface area contributed by atoms with Crippen molar-refractivity contribution in [2.45, 2.75) is 38.3 Å². The summed E-state index contributed by atoms with van der Waals surface area (Å²) in [5.41, 5.74) is 2.66. The molecule has 3 aromatic rings. The van der Waals surface area contributed by atoms with Crippen molar-refractivity contribution in [2.24, 2.45) is 0 Å². The first-order chi connectivity index (χ1) is 15.5. The van der Waals surface area contributed by atoms with Gasteiger partial charge in [0.1, 0.15) is 0 Å². The van der Waals surface area contributed by atoms with Crippen molar-refractivity contribution < 1.29 is 4.79 Å². The molecule has 166 valence electrons. The molecule has 4 rings (SSSR count). The third kappa shape index (κ3) is 4.69. The van der Waals surface area contributed by atoms with E-state index in [4.69, 9.17) is 4.98 Å². The lowest BCUT2D eigenvalue weighted by Gasteiger charge is -2.36. The molecule has 0 radical (unpaired) electrons. The van der Waals surface area contributed by atoms with E-state index >= 15 is 0 Å². The summed E-state index contributed by atoms with van der Waals surface area (Å²) < 4.78 is 1.58. The average molecular weight is 433 g/mol. The lowest BCUT2D eigenvalue weighted by molar-refractivity contribution is -0.135. The Morgan fingerprint density at radius 3 is 2.72 bits per heavy atom. The second-order valence-electron chi connectivity index (χ2n) is 8.18. The minimum absolute atomic E-state index is 0.0381. The van der Waals surface area contributed by atoms with Crippen molar-refractivity contribution >= 4 is 11.9 Å². The molecule has 1 aliphatic rings. The Morgan fingerprint density at radius 2 is 1.97 bits per heavy atom. The highest BCUT2D eigenvalue weighted by Gasteiger charge is 2.31. The van der Waals surface area contributed by atoms with E-state index in [0.29, 0.717) is 19.0 Å². The number of nitrogens with zero attached hydrogens (tertiary/aromatic N) is 6. The zero-order valence-electron chi connectivity index (χ0n) is 18.5. The van der Waals surface area contributed by atoms with Gasteiger partial charge in [0.2, 0.25) is 11.9 Å². The lowest BCUT2D eigenvalue weighted by atomic mass is 9.94. The number of pyridine rings is 2. The second-order valence-corrected chi connectivity index (χ2v) is 8.18. The summed E-state index contributed by atoms with van der Waals surface area (Å²) >= 11 is 0. The number of carbonyl (C=O) groups is 1. The maximum Gasteiger partial charge on any atom is 0.250 e. The Morgan fingerprint density at radius 1 is 1.16 bits per heavy atom. The van der Waals surface area contributed by atoms with Gasteiger partial charge >= 0.3 is 0 Å². The van der Waals surface area contributed by atoms with Crippen LogP contribution in [0.4, 0.5) is 5.95 Å². The fourth-order valence-electron chi connectivity index (χ4n) is 4.13. The summed E-state index contributed by atoms with van der Waals surface area (Å²) in [6, 6.07) is 8.77. The molecule has 0 unspecified atom stereocenters. The predicted molar refractivity (Wildman–Crippen MR) is 123 cm³/mol. The number of aryl methyl sites for hydroxylation is 1. The van der Waals surface area contributed by atoms with Crippen LogP contribution in [0.3, 0.4) is 0 Å². The Hall–Kier alpha value is -3.55. The summed E-state index contributed by atoms with van der Waals surface area (Å²) in [5.74, 6) is 0.655. The van der Waals surface area contributed by atoms with E-state index in [1.807, 2.05) is 42.2 Å². The van der Waals surface area contributed by atoms with Gasteiger partial charge in [-0.25, -0.2) is 9.97 Å². The van der Waals surface area contributed by atoms with Gasteiger partial charge in [0, 0.05) is 70.0 Å². The first-order valence-electron chi connectivity index (χ1n) is 10.9. The van der Waals surface area contributed by atoms with Crippen LogP contribution in [0.1, 0.15) is 37.4 Å². The number of hydrogen-bond donors (Lipinski definition) is 0. The van der Waals surface area contributed by atoms with Gasteiger partial charge in [-0.2, -0.15) is 0 Å². The molecule has 1 amide bonds. The SMILES string of the molecule is CN(C)c1ncc(-c2ccncc2)c([C@@H]2CCCCN2C(=O)CCn2ccccc2=O)n1. The van der Waals surface area contributed by atoms with Crippen LogP contribution in [0.15, 0.2) is 59.9 Å². The minimum atomic E-state index is -0.131. The first-order valence-corrected chi connectivity index (χ1v) is 10.9. The van der Waals surface area contributed by atoms with Gasteiger partial charge in [0.15, 0.2) is 0 Å². The molecule has 0 aliphatic carbocycles. The number of rotatable bonds is 6. The molecule has 0 bridgehead atoms. The number of hydrogen-bond acceptors (Lipinski definition) is 6. The Balaban J connectivity index is 1.65. The van der Waals surface area contributed by atoms with Crippen LogP contribution in [-0.4, -0.2) is 51.0 Å². The van der Waals surface area contributed by atoms with Gasteiger partial charge in [-0.15, -0.1) is 0 Å². The Bertz CT molecular complexity index is 1130. The standard InChI is InChI=1S/C24H28N6O2/c1-28(2)24-26-17-19(18-9-12-25-13-10-18)23(27-24)20-7-3-6-15-30(20)22(32)11-16-29-14-5-4-8-21(29)31/h4-5,8-10,12-14,17,20H,3,6-7,11,15-16H2,1-2H3/t20-/m0/s1. The van der Waals surface area contributed by atoms with Gasteiger partial charge < -0.3 is 14.4 Å². The highest BCUT2D eigenvalue weighted by Crippen LogP contribution is 2.36. The van der Waals surface area contributed by atoms with Crippen molar-refractivity contribution in [1.29, 1.82) is 0 Å². The number of amides is 1. The van der Waals surface area contributed by atoms with E-state index < -0.39 is 0 Å². The maximum absolute atomic E-state index is 13.3. The van der Waals surface area contributed by atoms with Crippen LogP contribution in [0, 0.1) is 0 Å². The van der Waals surface area contributed by atoms with Crippen LogP contribution in [0.25, 0.3) is 11.1 Å². The molecule has 1 aliphatic heterocycles. The molecule has 8 nitrogen and oxygen atoms in total. The largest absolute Gasteiger partial charge is 0.347 e. The molecule has 0 N–H and O–H groups in total. The number of likely N-dealkylation sites (tertiary alicyclic amines) is 1. The quantitative estimate of drug-likeness (QED) is 0.596. The van der Waals surface area contributed by atoms with Crippen LogP contribution in [-0.2, 0) is 11.3 Å². The van der Waals surface area contributed by atoms with Crippen molar-refractivity contribution in [1.82, 2.24) is 24.4 Å². The van der Waals surface area contributed by atoms with E-state index in [9.17, 15) is 9.59 Å². The maximum atomic E-state index is 13.3. The smallest absolute Gasteiger partial charge is 0.250 e. The molecule has 8 heteroatoms. The number of piperidine rings is 1.